The predicted molar refractivity (Wildman–Crippen MR) is 124 cm³/mol. The number of morpholine rings is 1. The number of ether oxygens (including phenoxy) is 1. The lowest BCUT2D eigenvalue weighted by Crippen LogP contribution is -2.36. The van der Waals surface area contributed by atoms with Crippen LogP contribution in [0.4, 0.5) is 11.5 Å². The van der Waals surface area contributed by atoms with Gasteiger partial charge >= 0.3 is 5.63 Å². The van der Waals surface area contributed by atoms with E-state index < -0.39 is 11.5 Å². The van der Waals surface area contributed by atoms with Gasteiger partial charge in [-0.25, -0.2) is 9.78 Å². The van der Waals surface area contributed by atoms with Crippen LogP contribution in [0.5, 0.6) is 0 Å². The van der Waals surface area contributed by atoms with Gasteiger partial charge in [0, 0.05) is 19.0 Å². The molecule has 0 atom stereocenters. The maximum atomic E-state index is 12.7. The van der Waals surface area contributed by atoms with Crippen molar-refractivity contribution in [3.63, 3.8) is 0 Å². The average Bonchev–Trinajstić information content (AvgIpc) is 2.75. The molecule has 2 fully saturated rings. The Morgan fingerprint density at radius 3 is 2.52 bits per heavy atom. The van der Waals surface area contributed by atoms with Crippen molar-refractivity contribution in [3.05, 3.63) is 51.7 Å². The number of piperidine rings is 1. The van der Waals surface area contributed by atoms with E-state index in [0.717, 1.165) is 44.8 Å². The number of amides is 1. The van der Waals surface area contributed by atoms with Crippen molar-refractivity contribution in [3.8, 4) is 0 Å². The van der Waals surface area contributed by atoms with Crippen LogP contribution in [0.3, 0.4) is 0 Å². The summed E-state index contributed by atoms with van der Waals surface area (Å²) in [5.74, 6) is 1.25. The molecular formula is C21H28Cl2N4O4. The molecule has 2 N–H and O–H groups in total. The zero-order chi connectivity index (χ0) is 20.2. The van der Waals surface area contributed by atoms with Crippen molar-refractivity contribution in [2.45, 2.75) is 25.7 Å². The van der Waals surface area contributed by atoms with Gasteiger partial charge < -0.3 is 24.7 Å². The summed E-state index contributed by atoms with van der Waals surface area (Å²) in [6.45, 7) is 6.54. The molecule has 2 aromatic rings. The maximum absolute atomic E-state index is 12.7. The number of anilines is 2. The van der Waals surface area contributed by atoms with Gasteiger partial charge in [0.15, 0.2) is 0 Å². The lowest BCUT2D eigenvalue weighted by atomic mass is 9.94. The molecule has 0 saturated carbocycles. The van der Waals surface area contributed by atoms with Gasteiger partial charge in [-0.2, -0.15) is 0 Å². The van der Waals surface area contributed by atoms with E-state index in [1.54, 1.807) is 19.2 Å². The fraction of sp³-hybridized carbons (Fsp3) is 0.476. The van der Waals surface area contributed by atoms with E-state index in [2.05, 4.69) is 20.5 Å². The second-order valence-corrected chi connectivity index (χ2v) is 7.48. The first kappa shape index (κ1) is 25.1. The van der Waals surface area contributed by atoms with Crippen molar-refractivity contribution < 1.29 is 13.9 Å². The summed E-state index contributed by atoms with van der Waals surface area (Å²) in [7, 11) is 0. The second-order valence-electron chi connectivity index (χ2n) is 7.48. The molecule has 4 rings (SSSR count). The first-order valence-electron chi connectivity index (χ1n) is 10.1. The fourth-order valence-electron chi connectivity index (χ4n) is 3.85. The molecule has 0 aliphatic carbocycles. The third-order valence-electron chi connectivity index (χ3n) is 5.48. The highest BCUT2D eigenvalue weighted by molar-refractivity contribution is 6.04. The number of pyridine rings is 1. The van der Waals surface area contributed by atoms with Crippen LogP contribution < -0.4 is 21.2 Å². The van der Waals surface area contributed by atoms with Gasteiger partial charge in [0.1, 0.15) is 17.1 Å². The summed E-state index contributed by atoms with van der Waals surface area (Å²) < 4.78 is 10.9. The molecule has 170 valence electrons. The molecule has 0 spiro atoms. The quantitative estimate of drug-likeness (QED) is 0.708. The molecule has 4 heterocycles. The van der Waals surface area contributed by atoms with E-state index in [9.17, 15) is 9.59 Å². The van der Waals surface area contributed by atoms with Gasteiger partial charge in [-0.3, -0.25) is 4.79 Å². The minimum Gasteiger partial charge on any atom is -0.427 e. The van der Waals surface area contributed by atoms with Crippen LogP contribution in [-0.2, 0) is 4.74 Å². The van der Waals surface area contributed by atoms with Gasteiger partial charge in [0.05, 0.1) is 25.1 Å². The summed E-state index contributed by atoms with van der Waals surface area (Å²) >= 11 is 0. The second kappa shape index (κ2) is 11.5. The third kappa shape index (κ3) is 5.98. The van der Waals surface area contributed by atoms with E-state index in [1.165, 1.54) is 0 Å². The van der Waals surface area contributed by atoms with Gasteiger partial charge in [0.2, 0.25) is 0 Å². The maximum Gasteiger partial charge on any atom is 0.349 e. The van der Waals surface area contributed by atoms with Crippen LogP contribution in [0.15, 0.2) is 33.6 Å². The molecular weight excluding hydrogens is 443 g/mol. The number of nitrogens with zero attached hydrogens (tertiary/aromatic N) is 2. The SMILES string of the molecule is Cc1cc(C2CCNCC2)oc(=O)c1C(=O)Nc1ccc(N2CCOCC2)nc1.Cl.Cl. The first-order valence-corrected chi connectivity index (χ1v) is 10.1. The van der Waals surface area contributed by atoms with Crippen LogP contribution in [0, 0.1) is 6.92 Å². The molecule has 0 unspecified atom stereocenters. The number of hydrogen-bond acceptors (Lipinski definition) is 7. The number of rotatable bonds is 4. The molecule has 8 nitrogen and oxygen atoms in total. The average molecular weight is 471 g/mol. The Labute approximate surface area is 193 Å². The smallest absolute Gasteiger partial charge is 0.349 e. The standard InChI is InChI=1S/C21H26N4O4.2ClH/c1-14-12-17(15-4-6-22-7-5-15)29-21(27)19(14)20(26)24-16-2-3-18(23-13-16)25-8-10-28-11-9-25;;/h2-3,12-13,15,22H,4-11H2,1H3,(H,24,26);2*1H. The fourth-order valence-corrected chi connectivity index (χ4v) is 3.85. The predicted octanol–water partition coefficient (Wildman–Crippen LogP) is 2.74. The zero-order valence-corrected chi connectivity index (χ0v) is 19.0. The van der Waals surface area contributed by atoms with E-state index in [4.69, 9.17) is 9.15 Å². The van der Waals surface area contributed by atoms with Crippen LogP contribution >= 0.6 is 24.8 Å². The molecule has 2 aliphatic heterocycles. The lowest BCUT2D eigenvalue weighted by Gasteiger charge is -2.27. The molecule has 2 aliphatic rings. The Morgan fingerprint density at radius 2 is 1.90 bits per heavy atom. The van der Waals surface area contributed by atoms with E-state index >= 15 is 0 Å². The number of aryl methyl sites for hydroxylation is 1. The molecule has 2 aromatic heterocycles. The van der Waals surface area contributed by atoms with Gasteiger partial charge in [-0.05, 0) is 56.6 Å². The van der Waals surface area contributed by atoms with Gasteiger partial charge in [0.25, 0.3) is 5.91 Å². The highest BCUT2D eigenvalue weighted by Crippen LogP contribution is 2.25. The minimum absolute atomic E-state index is 0. The number of nitrogens with one attached hydrogen (secondary N) is 2. The number of aromatic nitrogens is 1. The highest BCUT2D eigenvalue weighted by atomic mass is 35.5. The van der Waals surface area contributed by atoms with Crippen molar-refractivity contribution in [2.75, 3.05) is 49.6 Å². The Morgan fingerprint density at radius 1 is 1.19 bits per heavy atom. The molecule has 0 aromatic carbocycles. The molecule has 10 heteroatoms. The van der Waals surface area contributed by atoms with Crippen molar-refractivity contribution in [1.82, 2.24) is 10.3 Å². The highest BCUT2D eigenvalue weighted by Gasteiger charge is 2.22. The molecule has 31 heavy (non-hydrogen) atoms. The monoisotopic (exact) mass is 470 g/mol. The third-order valence-corrected chi connectivity index (χ3v) is 5.48. The Hall–Kier alpha value is -2.13. The van der Waals surface area contributed by atoms with Gasteiger partial charge in [-0.1, -0.05) is 0 Å². The van der Waals surface area contributed by atoms with Crippen LogP contribution in [0.1, 0.15) is 40.4 Å². The lowest BCUT2D eigenvalue weighted by molar-refractivity contribution is 0.102. The van der Waals surface area contributed by atoms with Crippen molar-refractivity contribution in [2.24, 2.45) is 0 Å². The van der Waals surface area contributed by atoms with E-state index in [0.29, 0.717) is 30.2 Å². The summed E-state index contributed by atoms with van der Waals surface area (Å²) in [5.41, 5.74) is 0.618. The summed E-state index contributed by atoms with van der Waals surface area (Å²) in [6.07, 6.45) is 3.45. The zero-order valence-electron chi connectivity index (χ0n) is 17.4. The first-order chi connectivity index (χ1) is 14.1. The Balaban J connectivity index is 0.00000171. The van der Waals surface area contributed by atoms with Crippen molar-refractivity contribution >= 4 is 42.2 Å². The summed E-state index contributed by atoms with van der Waals surface area (Å²) in [5, 5.41) is 6.05. The summed E-state index contributed by atoms with van der Waals surface area (Å²) in [4.78, 5) is 31.8. The number of hydrogen-bond donors (Lipinski definition) is 2. The van der Waals surface area contributed by atoms with Gasteiger partial charge in [-0.15, -0.1) is 24.8 Å². The normalized spacial score (nSPS) is 16.7. The van der Waals surface area contributed by atoms with E-state index in [-0.39, 0.29) is 36.3 Å². The summed E-state index contributed by atoms with van der Waals surface area (Å²) in [6, 6.07) is 5.47. The molecule has 1 amide bonds. The topological polar surface area (TPSA) is 96.7 Å². The molecule has 2 saturated heterocycles. The Bertz CT molecular complexity index is 924. The van der Waals surface area contributed by atoms with Crippen LogP contribution in [0.25, 0.3) is 0 Å². The molecule has 0 bridgehead atoms. The van der Waals surface area contributed by atoms with E-state index in [1.807, 2.05) is 12.1 Å². The van der Waals surface area contributed by atoms with Crippen LogP contribution in [-0.4, -0.2) is 50.3 Å². The number of carbonyl (C=O) groups excluding carboxylic acids is 1. The number of halogens is 2. The van der Waals surface area contributed by atoms with Crippen molar-refractivity contribution in [1.29, 1.82) is 0 Å². The Kier molecular flexibility index (Phi) is 9.31. The van der Waals surface area contributed by atoms with Crippen LogP contribution in [0.2, 0.25) is 0 Å². The molecule has 0 radical (unpaired) electrons. The number of carbonyl (C=O) groups is 1. The largest absolute Gasteiger partial charge is 0.427 e. The minimum atomic E-state index is -0.589.